The van der Waals surface area contributed by atoms with E-state index in [1.54, 1.807) is 7.11 Å². The third kappa shape index (κ3) is 2.76. The quantitative estimate of drug-likeness (QED) is 0.678. The maximum atomic E-state index is 13.3. The van der Waals surface area contributed by atoms with Crippen LogP contribution in [0.4, 0.5) is 5.69 Å². The number of ether oxygens (including phenoxy) is 1. The van der Waals surface area contributed by atoms with Gasteiger partial charge in [-0.05, 0) is 54.3 Å². The molecule has 0 spiro atoms. The highest BCUT2D eigenvalue weighted by Crippen LogP contribution is 2.32. The van der Waals surface area contributed by atoms with Crippen molar-refractivity contribution < 1.29 is 9.53 Å². The van der Waals surface area contributed by atoms with Crippen LogP contribution in [-0.4, -0.2) is 19.6 Å². The van der Waals surface area contributed by atoms with E-state index in [4.69, 9.17) is 4.74 Å². The summed E-state index contributed by atoms with van der Waals surface area (Å²) in [5.74, 6) is 0.635. The second-order valence-corrected chi connectivity index (χ2v) is 6.59. The maximum absolute atomic E-state index is 13.3. The van der Waals surface area contributed by atoms with E-state index in [2.05, 4.69) is 25.1 Å². The summed E-state index contributed by atoms with van der Waals surface area (Å²) >= 11 is 0. The monoisotopic (exact) mass is 331 g/mol. The molecule has 0 fully saturated rings. The minimum atomic E-state index is 0.00686. The van der Waals surface area contributed by atoms with Crippen LogP contribution >= 0.6 is 0 Å². The topological polar surface area (TPSA) is 29.5 Å². The number of rotatable bonds is 2. The molecule has 0 N–H and O–H groups in total. The summed E-state index contributed by atoms with van der Waals surface area (Å²) in [6.45, 7) is 2.83. The zero-order chi connectivity index (χ0) is 17.4. The Morgan fingerprint density at radius 3 is 2.56 bits per heavy atom. The van der Waals surface area contributed by atoms with Crippen molar-refractivity contribution in [2.24, 2.45) is 0 Å². The van der Waals surface area contributed by atoms with E-state index in [1.807, 2.05) is 41.3 Å². The molecule has 1 aliphatic heterocycles. The van der Waals surface area contributed by atoms with Gasteiger partial charge in [0.25, 0.3) is 5.91 Å². The van der Waals surface area contributed by atoms with Gasteiger partial charge in [-0.15, -0.1) is 0 Å². The average molecular weight is 331 g/mol. The normalized spacial score (nSPS) is 13.6. The summed E-state index contributed by atoms with van der Waals surface area (Å²) < 4.78 is 5.52. The Labute approximate surface area is 147 Å². The number of nitrogens with zero attached hydrogens (tertiary/aromatic N) is 1. The molecule has 126 valence electrons. The molecule has 0 saturated carbocycles. The van der Waals surface area contributed by atoms with Crippen molar-refractivity contribution in [1.29, 1.82) is 0 Å². The first-order chi connectivity index (χ1) is 12.2. The van der Waals surface area contributed by atoms with Gasteiger partial charge < -0.3 is 9.64 Å². The van der Waals surface area contributed by atoms with E-state index in [9.17, 15) is 4.79 Å². The van der Waals surface area contributed by atoms with Gasteiger partial charge in [0.1, 0.15) is 5.75 Å². The molecule has 3 nitrogen and oxygen atoms in total. The number of benzene rings is 3. The van der Waals surface area contributed by atoms with E-state index in [0.717, 1.165) is 35.8 Å². The maximum Gasteiger partial charge on any atom is 0.262 e. The minimum absolute atomic E-state index is 0.00686. The van der Waals surface area contributed by atoms with Crippen molar-refractivity contribution in [3.05, 3.63) is 71.3 Å². The number of methoxy groups -OCH3 is 1. The molecule has 0 saturated heterocycles. The SMILES string of the molecule is COc1cc2ccccc2cc1C(=O)N1CCCc2cc(C)ccc21. The minimum Gasteiger partial charge on any atom is -0.496 e. The van der Waals surface area contributed by atoms with Crippen LogP contribution in [-0.2, 0) is 6.42 Å². The highest BCUT2D eigenvalue weighted by Gasteiger charge is 2.26. The lowest BCUT2D eigenvalue weighted by Crippen LogP contribution is -2.35. The number of fused-ring (bicyclic) bond motifs is 2. The molecule has 3 aromatic rings. The van der Waals surface area contributed by atoms with Crippen LogP contribution in [0.2, 0.25) is 0 Å². The predicted molar refractivity (Wildman–Crippen MR) is 102 cm³/mol. The van der Waals surface area contributed by atoms with Crippen molar-refractivity contribution in [2.75, 3.05) is 18.6 Å². The van der Waals surface area contributed by atoms with E-state index in [-0.39, 0.29) is 5.91 Å². The first-order valence-corrected chi connectivity index (χ1v) is 8.65. The Morgan fingerprint density at radius 2 is 1.80 bits per heavy atom. The smallest absolute Gasteiger partial charge is 0.262 e. The van der Waals surface area contributed by atoms with Crippen molar-refractivity contribution >= 4 is 22.4 Å². The number of hydrogen-bond acceptors (Lipinski definition) is 2. The molecule has 25 heavy (non-hydrogen) atoms. The molecule has 0 radical (unpaired) electrons. The van der Waals surface area contributed by atoms with Crippen LogP contribution in [0.25, 0.3) is 10.8 Å². The average Bonchev–Trinajstić information content (AvgIpc) is 2.65. The molecule has 1 amide bonds. The van der Waals surface area contributed by atoms with Crippen LogP contribution in [0, 0.1) is 6.92 Å². The zero-order valence-electron chi connectivity index (χ0n) is 14.6. The van der Waals surface area contributed by atoms with Crippen LogP contribution < -0.4 is 9.64 Å². The van der Waals surface area contributed by atoms with Crippen molar-refractivity contribution in [3.63, 3.8) is 0 Å². The number of anilines is 1. The fourth-order valence-corrected chi connectivity index (χ4v) is 3.64. The number of hydrogen-bond donors (Lipinski definition) is 0. The van der Waals surface area contributed by atoms with Gasteiger partial charge in [-0.25, -0.2) is 0 Å². The third-order valence-electron chi connectivity index (χ3n) is 4.90. The van der Waals surface area contributed by atoms with Gasteiger partial charge in [-0.1, -0.05) is 42.0 Å². The van der Waals surface area contributed by atoms with Crippen molar-refractivity contribution in [3.8, 4) is 5.75 Å². The molecule has 3 aromatic carbocycles. The summed E-state index contributed by atoms with van der Waals surface area (Å²) in [5, 5.41) is 2.12. The van der Waals surface area contributed by atoms with Gasteiger partial charge >= 0.3 is 0 Å². The lowest BCUT2D eigenvalue weighted by molar-refractivity contribution is 0.0982. The van der Waals surface area contributed by atoms with Gasteiger partial charge in [0.2, 0.25) is 0 Å². The zero-order valence-corrected chi connectivity index (χ0v) is 14.6. The first kappa shape index (κ1) is 15.7. The van der Waals surface area contributed by atoms with E-state index in [0.29, 0.717) is 11.3 Å². The summed E-state index contributed by atoms with van der Waals surface area (Å²) in [6, 6.07) is 18.3. The van der Waals surface area contributed by atoms with Crippen molar-refractivity contribution in [2.45, 2.75) is 19.8 Å². The molecule has 3 heteroatoms. The van der Waals surface area contributed by atoms with E-state index >= 15 is 0 Å². The lowest BCUT2D eigenvalue weighted by atomic mass is 9.98. The molecular formula is C22H21NO2. The van der Waals surface area contributed by atoms with Gasteiger partial charge in [-0.3, -0.25) is 4.79 Å². The molecule has 4 rings (SSSR count). The highest BCUT2D eigenvalue weighted by atomic mass is 16.5. The summed E-state index contributed by atoms with van der Waals surface area (Å²) in [6.07, 6.45) is 2.01. The predicted octanol–water partition coefficient (Wildman–Crippen LogP) is 4.75. The summed E-state index contributed by atoms with van der Waals surface area (Å²) in [5.41, 5.74) is 4.13. The van der Waals surface area contributed by atoms with Crippen LogP contribution in [0.3, 0.4) is 0 Å². The first-order valence-electron chi connectivity index (χ1n) is 8.65. The molecule has 1 aliphatic rings. The van der Waals surface area contributed by atoms with Crippen LogP contribution in [0.15, 0.2) is 54.6 Å². The molecule has 0 bridgehead atoms. The highest BCUT2D eigenvalue weighted by molar-refractivity contribution is 6.10. The number of carbonyl (C=O) groups is 1. The number of aryl methyl sites for hydroxylation is 2. The van der Waals surface area contributed by atoms with Crippen LogP contribution in [0.1, 0.15) is 27.9 Å². The second kappa shape index (κ2) is 6.25. The Morgan fingerprint density at radius 1 is 1.04 bits per heavy atom. The largest absolute Gasteiger partial charge is 0.496 e. The fourth-order valence-electron chi connectivity index (χ4n) is 3.64. The third-order valence-corrected chi connectivity index (χ3v) is 4.90. The molecule has 0 unspecified atom stereocenters. The standard InChI is InChI=1S/C22H21NO2/c1-15-9-10-20-18(12-15)8-5-11-23(20)22(24)19-13-16-6-3-4-7-17(16)14-21(19)25-2/h3-4,6-7,9-10,12-14H,5,8,11H2,1-2H3. The van der Waals surface area contributed by atoms with E-state index < -0.39 is 0 Å². The van der Waals surface area contributed by atoms with Gasteiger partial charge in [0.05, 0.1) is 12.7 Å². The van der Waals surface area contributed by atoms with Crippen LogP contribution in [0.5, 0.6) is 5.75 Å². The summed E-state index contributed by atoms with van der Waals surface area (Å²) in [7, 11) is 1.62. The summed E-state index contributed by atoms with van der Waals surface area (Å²) in [4.78, 5) is 15.2. The lowest BCUT2D eigenvalue weighted by Gasteiger charge is -2.30. The van der Waals surface area contributed by atoms with Crippen molar-refractivity contribution in [1.82, 2.24) is 0 Å². The van der Waals surface area contributed by atoms with Gasteiger partial charge in [0, 0.05) is 12.2 Å². The van der Waals surface area contributed by atoms with E-state index in [1.165, 1.54) is 11.1 Å². The molecule has 0 atom stereocenters. The molecule has 0 aromatic heterocycles. The molecule has 1 heterocycles. The molecular weight excluding hydrogens is 310 g/mol. The fraction of sp³-hybridized carbons (Fsp3) is 0.227. The number of carbonyl (C=O) groups excluding carboxylic acids is 1. The Hall–Kier alpha value is -2.81. The van der Waals surface area contributed by atoms with Gasteiger partial charge in [-0.2, -0.15) is 0 Å². The Bertz CT molecular complexity index is 961. The van der Waals surface area contributed by atoms with Gasteiger partial charge in [0.15, 0.2) is 0 Å². The Kier molecular flexibility index (Phi) is 3.92. The second-order valence-electron chi connectivity index (χ2n) is 6.59. The number of amides is 1. The Balaban J connectivity index is 1.81. The molecule has 0 aliphatic carbocycles.